The molecule has 0 spiro atoms. The summed E-state index contributed by atoms with van der Waals surface area (Å²) in [5.74, 6) is 0.630. The lowest BCUT2D eigenvalue weighted by molar-refractivity contribution is -0.131. The third-order valence-corrected chi connectivity index (χ3v) is 5.97. The highest BCUT2D eigenvalue weighted by molar-refractivity contribution is 5.86. The van der Waals surface area contributed by atoms with Gasteiger partial charge in [-0.25, -0.2) is 9.36 Å². The van der Waals surface area contributed by atoms with Gasteiger partial charge >= 0.3 is 0 Å². The van der Waals surface area contributed by atoms with Crippen molar-refractivity contribution in [1.82, 2.24) is 29.6 Å². The van der Waals surface area contributed by atoms with Gasteiger partial charge in [-0.2, -0.15) is 5.10 Å². The Morgan fingerprint density at radius 3 is 2.62 bits per heavy atom. The molecule has 1 amide bonds. The second kappa shape index (κ2) is 8.07. The number of amides is 1. The van der Waals surface area contributed by atoms with Crippen LogP contribution in [0.15, 0.2) is 51.8 Å². The summed E-state index contributed by atoms with van der Waals surface area (Å²) in [6.07, 6.45) is 1.53. The molecule has 0 aliphatic carbocycles. The van der Waals surface area contributed by atoms with E-state index >= 15 is 0 Å². The van der Waals surface area contributed by atoms with Crippen LogP contribution in [0.1, 0.15) is 36.0 Å². The number of aromatic nitrogens is 5. The maximum Gasteiger partial charge on any atom is 0.267 e. The van der Waals surface area contributed by atoms with E-state index in [1.165, 1.54) is 6.07 Å². The minimum absolute atomic E-state index is 0.0131. The lowest BCUT2D eigenvalue weighted by atomic mass is 10.0. The number of hydrogen-bond donors (Lipinski definition) is 0. The van der Waals surface area contributed by atoms with E-state index in [9.17, 15) is 9.59 Å². The van der Waals surface area contributed by atoms with Crippen LogP contribution in [0.3, 0.4) is 0 Å². The zero-order valence-corrected chi connectivity index (χ0v) is 18.1. The maximum atomic E-state index is 12.8. The number of carbonyl (C=O) groups is 1. The third kappa shape index (κ3) is 3.70. The molecule has 32 heavy (non-hydrogen) atoms. The van der Waals surface area contributed by atoms with Gasteiger partial charge in [-0.1, -0.05) is 17.3 Å². The maximum absolute atomic E-state index is 12.8. The Morgan fingerprint density at radius 1 is 1.09 bits per heavy atom. The van der Waals surface area contributed by atoms with Crippen molar-refractivity contribution in [3.63, 3.8) is 0 Å². The van der Waals surface area contributed by atoms with Crippen molar-refractivity contribution in [2.45, 2.75) is 39.2 Å². The third-order valence-electron chi connectivity index (χ3n) is 5.97. The summed E-state index contributed by atoms with van der Waals surface area (Å²) in [6.45, 7) is 5.02. The first-order chi connectivity index (χ1) is 15.5. The van der Waals surface area contributed by atoms with Crippen molar-refractivity contribution in [2.24, 2.45) is 0 Å². The van der Waals surface area contributed by atoms with Gasteiger partial charge < -0.3 is 9.42 Å². The molecular weight excluding hydrogens is 408 g/mol. The Kier molecular flexibility index (Phi) is 5.08. The minimum Gasteiger partial charge on any atom is -0.356 e. The smallest absolute Gasteiger partial charge is 0.267 e. The molecule has 1 aliphatic heterocycles. The number of aryl methyl sites for hydroxylation is 2. The first kappa shape index (κ1) is 20.2. The number of hydrogen-bond acceptors (Lipinski definition) is 6. The van der Waals surface area contributed by atoms with Crippen molar-refractivity contribution in [3.05, 3.63) is 69.9 Å². The second-order valence-corrected chi connectivity index (χ2v) is 8.23. The zero-order chi connectivity index (χ0) is 22.2. The average molecular weight is 432 g/mol. The van der Waals surface area contributed by atoms with Gasteiger partial charge in [0.2, 0.25) is 5.91 Å². The van der Waals surface area contributed by atoms with Gasteiger partial charge in [-0.15, -0.1) is 5.10 Å². The molecule has 0 bridgehead atoms. The van der Waals surface area contributed by atoms with Crippen LogP contribution in [-0.2, 0) is 11.2 Å². The second-order valence-electron chi connectivity index (χ2n) is 8.23. The van der Waals surface area contributed by atoms with Gasteiger partial charge in [0.1, 0.15) is 5.69 Å². The molecule has 9 nitrogen and oxygen atoms in total. The van der Waals surface area contributed by atoms with Gasteiger partial charge in [0.25, 0.3) is 5.56 Å². The molecule has 164 valence electrons. The Bertz CT molecular complexity index is 1340. The van der Waals surface area contributed by atoms with Crippen molar-refractivity contribution >= 4 is 16.9 Å². The molecule has 1 aromatic carbocycles. The van der Waals surface area contributed by atoms with Crippen LogP contribution in [0.5, 0.6) is 0 Å². The molecule has 4 aromatic rings. The van der Waals surface area contributed by atoms with E-state index in [2.05, 4.69) is 15.4 Å². The number of fused-ring (bicyclic) bond motifs is 1. The summed E-state index contributed by atoms with van der Waals surface area (Å²) in [6, 6.07) is 12.7. The minimum atomic E-state index is -0.144. The predicted octanol–water partition coefficient (Wildman–Crippen LogP) is 2.59. The Hall–Kier alpha value is -3.75. The molecular formula is C23H24N6O3. The summed E-state index contributed by atoms with van der Waals surface area (Å²) >= 11 is 0. The molecule has 0 saturated carbocycles. The summed E-state index contributed by atoms with van der Waals surface area (Å²) in [7, 11) is 0. The largest absolute Gasteiger partial charge is 0.356 e. The number of piperidine rings is 1. The highest BCUT2D eigenvalue weighted by Crippen LogP contribution is 2.23. The van der Waals surface area contributed by atoms with E-state index in [4.69, 9.17) is 4.52 Å². The average Bonchev–Trinajstić information content (AvgIpc) is 3.36. The fourth-order valence-electron chi connectivity index (χ4n) is 4.33. The van der Waals surface area contributed by atoms with Crippen LogP contribution < -0.4 is 5.56 Å². The van der Waals surface area contributed by atoms with Gasteiger partial charge in [0.15, 0.2) is 11.4 Å². The van der Waals surface area contributed by atoms with Crippen LogP contribution in [0.2, 0.25) is 0 Å². The van der Waals surface area contributed by atoms with Crippen molar-refractivity contribution in [3.8, 4) is 5.82 Å². The van der Waals surface area contributed by atoms with E-state index in [0.29, 0.717) is 43.0 Å². The lowest BCUT2D eigenvalue weighted by Gasteiger charge is -2.32. The number of nitrogens with zero attached hydrogens (tertiary/aromatic N) is 6. The molecule has 5 rings (SSSR count). The first-order valence-electron chi connectivity index (χ1n) is 10.7. The monoisotopic (exact) mass is 432 g/mol. The molecule has 0 radical (unpaired) electrons. The Balaban J connectivity index is 1.28. The van der Waals surface area contributed by atoms with Crippen molar-refractivity contribution in [2.75, 3.05) is 13.1 Å². The van der Waals surface area contributed by atoms with Crippen LogP contribution in [0.4, 0.5) is 0 Å². The summed E-state index contributed by atoms with van der Waals surface area (Å²) in [5, 5.41) is 14.0. The summed E-state index contributed by atoms with van der Waals surface area (Å²) in [5.41, 5.74) is 3.05. The quantitative estimate of drug-likeness (QED) is 0.492. The molecule has 1 saturated heterocycles. The van der Waals surface area contributed by atoms with E-state index in [-0.39, 0.29) is 23.9 Å². The van der Waals surface area contributed by atoms with Crippen molar-refractivity contribution in [1.29, 1.82) is 0 Å². The van der Waals surface area contributed by atoms with Crippen LogP contribution in [-0.4, -0.2) is 48.6 Å². The van der Waals surface area contributed by atoms with Crippen LogP contribution >= 0.6 is 0 Å². The molecule has 0 unspecified atom stereocenters. The summed E-state index contributed by atoms with van der Waals surface area (Å²) < 4.78 is 8.59. The Morgan fingerprint density at radius 2 is 1.88 bits per heavy atom. The fourth-order valence-corrected chi connectivity index (χ4v) is 4.33. The number of benzene rings is 1. The number of rotatable bonds is 4. The highest BCUT2D eigenvalue weighted by Gasteiger charge is 2.26. The summed E-state index contributed by atoms with van der Waals surface area (Å²) in [4.78, 5) is 27.2. The van der Waals surface area contributed by atoms with Gasteiger partial charge in [0, 0.05) is 30.2 Å². The van der Waals surface area contributed by atoms with Gasteiger partial charge in [0.05, 0.1) is 18.2 Å². The van der Waals surface area contributed by atoms with E-state index < -0.39 is 0 Å². The van der Waals surface area contributed by atoms with Crippen LogP contribution in [0.25, 0.3) is 16.8 Å². The van der Waals surface area contributed by atoms with E-state index in [0.717, 1.165) is 16.8 Å². The van der Waals surface area contributed by atoms with Crippen molar-refractivity contribution < 1.29 is 9.32 Å². The zero-order valence-electron chi connectivity index (χ0n) is 18.1. The van der Waals surface area contributed by atoms with Gasteiger partial charge in [-0.05, 0) is 51.0 Å². The van der Waals surface area contributed by atoms with E-state index in [1.807, 2.05) is 49.1 Å². The normalized spacial score (nSPS) is 14.9. The lowest BCUT2D eigenvalue weighted by Crippen LogP contribution is -2.42. The highest BCUT2D eigenvalue weighted by atomic mass is 16.5. The standard InChI is InChI=1S/C23H24N6O3/c1-15-13-16(2)28(24-15)21-7-8-22(30)29(25-21)17-9-11-27(12-10-17)23(31)14-19-18-5-3-4-6-20(18)32-26-19/h3-8,13,17H,9-12,14H2,1-2H3. The fraction of sp³-hybridized carbons (Fsp3) is 0.348. The molecule has 9 heteroatoms. The molecule has 0 N–H and O–H groups in total. The molecule has 4 heterocycles. The molecule has 0 atom stereocenters. The molecule has 1 aliphatic rings. The number of likely N-dealkylation sites (tertiary alicyclic amines) is 1. The number of para-hydroxylation sites is 1. The van der Waals surface area contributed by atoms with Crippen LogP contribution in [0, 0.1) is 13.8 Å². The Labute approximate surface area is 184 Å². The van der Waals surface area contributed by atoms with E-state index in [1.54, 1.807) is 15.4 Å². The number of carbonyl (C=O) groups excluding carboxylic acids is 1. The predicted molar refractivity (Wildman–Crippen MR) is 118 cm³/mol. The van der Waals surface area contributed by atoms with Gasteiger partial charge in [-0.3, -0.25) is 9.59 Å². The first-order valence-corrected chi connectivity index (χ1v) is 10.7. The SMILES string of the molecule is Cc1cc(C)n(-c2ccc(=O)n(C3CCN(C(=O)Cc4noc5ccccc45)CC3)n2)n1. The molecule has 3 aromatic heterocycles. The topological polar surface area (TPSA) is 99.1 Å². The molecule has 1 fully saturated rings.